The summed E-state index contributed by atoms with van der Waals surface area (Å²) in [7, 11) is 0. The third kappa shape index (κ3) is 6.41. The smallest absolute Gasteiger partial charge is 0.284 e. The molecule has 0 bridgehead atoms. The van der Waals surface area contributed by atoms with Gasteiger partial charge in [-0.2, -0.15) is 0 Å². The van der Waals surface area contributed by atoms with Crippen molar-refractivity contribution in [2.45, 2.75) is 33.9 Å². The number of hydrogen-bond acceptors (Lipinski definition) is 3. The Morgan fingerprint density at radius 2 is 1.96 bits per heavy atom. The number of carbonyl (C=O) groups is 1. The van der Waals surface area contributed by atoms with Crippen LogP contribution in [0, 0.1) is 13.8 Å². The predicted octanol–water partition coefficient (Wildman–Crippen LogP) is 2.87. The molecule has 0 unspecified atom stereocenters. The van der Waals surface area contributed by atoms with Crippen molar-refractivity contribution >= 4 is 35.8 Å². The van der Waals surface area contributed by atoms with Gasteiger partial charge in [-0.05, 0) is 44.0 Å². The van der Waals surface area contributed by atoms with Crippen molar-refractivity contribution in [2.24, 2.45) is 10.7 Å². The minimum absolute atomic E-state index is 0. The Kier molecular flexibility index (Phi) is 8.47. The van der Waals surface area contributed by atoms with Gasteiger partial charge in [0.05, 0.1) is 13.1 Å². The first-order valence-electron chi connectivity index (χ1n) is 7.96. The van der Waals surface area contributed by atoms with E-state index >= 15 is 0 Å². The summed E-state index contributed by atoms with van der Waals surface area (Å²) < 4.78 is 5.35. The van der Waals surface area contributed by atoms with Crippen molar-refractivity contribution in [1.29, 1.82) is 0 Å². The number of nitrogens with zero attached hydrogens (tertiary/aromatic N) is 1. The molecule has 0 saturated carbocycles. The summed E-state index contributed by atoms with van der Waals surface area (Å²) in [6.45, 7) is 7.94. The second kappa shape index (κ2) is 10.1. The number of halogens is 1. The number of furan rings is 1. The SMILES string of the molecule is CCNC(=NCc1ccc(C)cc1C)NCc1ccc(C(N)=O)o1.I. The van der Waals surface area contributed by atoms with Crippen molar-refractivity contribution < 1.29 is 9.21 Å². The number of amides is 1. The minimum atomic E-state index is -0.573. The topological polar surface area (TPSA) is 92.6 Å². The number of nitrogens with one attached hydrogen (secondary N) is 2. The molecule has 1 aromatic heterocycles. The van der Waals surface area contributed by atoms with E-state index in [9.17, 15) is 4.79 Å². The second-order valence-electron chi connectivity index (χ2n) is 5.61. The average Bonchev–Trinajstić information content (AvgIpc) is 3.00. The molecule has 6 nitrogen and oxygen atoms in total. The van der Waals surface area contributed by atoms with Crippen LogP contribution in [0.15, 0.2) is 39.7 Å². The van der Waals surface area contributed by atoms with Crippen LogP contribution in [0.25, 0.3) is 0 Å². The number of nitrogens with two attached hydrogens (primary N) is 1. The summed E-state index contributed by atoms with van der Waals surface area (Å²) >= 11 is 0. The molecule has 0 aliphatic heterocycles. The lowest BCUT2D eigenvalue weighted by atomic mass is 10.1. The van der Waals surface area contributed by atoms with Gasteiger partial charge >= 0.3 is 0 Å². The molecule has 2 aromatic rings. The van der Waals surface area contributed by atoms with Gasteiger partial charge in [-0.25, -0.2) is 4.99 Å². The monoisotopic (exact) mass is 456 g/mol. The number of primary amides is 1. The van der Waals surface area contributed by atoms with Crippen LogP contribution in [0.4, 0.5) is 0 Å². The molecule has 0 aliphatic rings. The molecule has 1 amide bonds. The van der Waals surface area contributed by atoms with E-state index in [1.54, 1.807) is 12.1 Å². The zero-order valence-corrected chi connectivity index (χ0v) is 17.1. The van der Waals surface area contributed by atoms with Crippen LogP contribution in [0.3, 0.4) is 0 Å². The molecule has 136 valence electrons. The highest BCUT2D eigenvalue weighted by Gasteiger charge is 2.07. The van der Waals surface area contributed by atoms with Gasteiger partial charge in [-0.3, -0.25) is 4.79 Å². The number of guanidine groups is 1. The quantitative estimate of drug-likeness (QED) is 0.354. The molecule has 7 heteroatoms. The Bertz CT molecular complexity index is 740. The number of carbonyl (C=O) groups excluding carboxylic acids is 1. The maximum atomic E-state index is 11.0. The molecule has 0 atom stereocenters. The Morgan fingerprint density at radius 1 is 1.20 bits per heavy atom. The summed E-state index contributed by atoms with van der Waals surface area (Å²) in [5.74, 6) is 0.899. The number of aliphatic imine (C=N–C) groups is 1. The van der Waals surface area contributed by atoms with Gasteiger partial charge in [0.1, 0.15) is 5.76 Å². The van der Waals surface area contributed by atoms with Gasteiger partial charge < -0.3 is 20.8 Å². The molecule has 0 spiro atoms. The minimum Gasteiger partial charge on any atom is -0.454 e. The maximum absolute atomic E-state index is 11.0. The molecular formula is C18H25IN4O2. The van der Waals surface area contributed by atoms with Crippen LogP contribution >= 0.6 is 24.0 Å². The Balaban J connectivity index is 0.00000312. The summed E-state index contributed by atoms with van der Waals surface area (Å²) in [4.78, 5) is 15.6. The molecule has 4 N–H and O–H groups in total. The normalized spacial score (nSPS) is 10.9. The van der Waals surface area contributed by atoms with Gasteiger partial charge in [0.15, 0.2) is 11.7 Å². The fourth-order valence-electron chi connectivity index (χ4n) is 2.31. The van der Waals surface area contributed by atoms with E-state index < -0.39 is 5.91 Å². The molecule has 2 rings (SSSR count). The standard InChI is InChI=1S/C18H24N4O2.HI/c1-4-20-18(21-10-14-6-5-12(2)9-13(14)3)22-11-15-7-8-16(24-15)17(19)23;/h5-9H,4,10-11H2,1-3H3,(H2,19,23)(H2,20,21,22);1H. The third-order valence-corrected chi connectivity index (χ3v) is 3.58. The average molecular weight is 456 g/mol. The lowest BCUT2D eigenvalue weighted by molar-refractivity contribution is 0.0972. The molecule has 25 heavy (non-hydrogen) atoms. The lowest BCUT2D eigenvalue weighted by Crippen LogP contribution is -2.36. The van der Waals surface area contributed by atoms with Gasteiger partial charge in [-0.1, -0.05) is 23.8 Å². The first-order valence-corrected chi connectivity index (χ1v) is 7.96. The lowest BCUT2D eigenvalue weighted by Gasteiger charge is -2.11. The van der Waals surface area contributed by atoms with Crippen molar-refractivity contribution in [3.8, 4) is 0 Å². The van der Waals surface area contributed by atoms with Crippen molar-refractivity contribution in [1.82, 2.24) is 10.6 Å². The fraction of sp³-hybridized carbons (Fsp3) is 0.333. The highest BCUT2D eigenvalue weighted by Crippen LogP contribution is 2.11. The van der Waals surface area contributed by atoms with E-state index in [2.05, 4.69) is 47.7 Å². The van der Waals surface area contributed by atoms with Crippen LogP contribution in [0.5, 0.6) is 0 Å². The third-order valence-electron chi connectivity index (χ3n) is 3.58. The van der Waals surface area contributed by atoms with Crippen LogP contribution < -0.4 is 16.4 Å². The number of rotatable bonds is 6. The summed E-state index contributed by atoms with van der Waals surface area (Å²) in [5, 5.41) is 6.37. The predicted molar refractivity (Wildman–Crippen MR) is 110 cm³/mol. The van der Waals surface area contributed by atoms with Crippen LogP contribution in [0.1, 0.15) is 39.9 Å². The summed E-state index contributed by atoms with van der Waals surface area (Å²) in [6, 6.07) is 9.63. The van der Waals surface area contributed by atoms with E-state index in [0.29, 0.717) is 24.8 Å². The van der Waals surface area contributed by atoms with Crippen molar-refractivity contribution in [2.75, 3.05) is 6.54 Å². The first kappa shape index (κ1) is 21.0. The van der Waals surface area contributed by atoms with Gasteiger partial charge in [0, 0.05) is 6.54 Å². The molecule has 0 saturated heterocycles. The van der Waals surface area contributed by atoms with Crippen LogP contribution in [-0.2, 0) is 13.1 Å². The van der Waals surface area contributed by atoms with E-state index in [1.165, 1.54) is 16.7 Å². The molecule has 1 heterocycles. The van der Waals surface area contributed by atoms with Crippen molar-refractivity contribution in [3.63, 3.8) is 0 Å². The summed E-state index contributed by atoms with van der Waals surface area (Å²) in [5.41, 5.74) is 8.84. The number of hydrogen-bond donors (Lipinski definition) is 3. The molecule has 0 radical (unpaired) electrons. The highest BCUT2D eigenvalue weighted by molar-refractivity contribution is 14.0. The summed E-state index contributed by atoms with van der Waals surface area (Å²) in [6.07, 6.45) is 0. The maximum Gasteiger partial charge on any atom is 0.284 e. The fourth-order valence-corrected chi connectivity index (χ4v) is 2.31. The zero-order valence-electron chi connectivity index (χ0n) is 14.8. The number of benzene rings is 1. The molecule has 1 aromatic carbocycles. The largest absolute Gasteiger partial charge is 0.454 e. The Morgan fingerprint density at radius 3 is 2.56 bits per heavy atom. The number of aryl methyl sites for hydroxylation is 2. The Hall–Kier alpha value is -2.03. The Labute approximate surface area is 165 Å². The molecular weight excluding hydrogens is 431 g/mol. The van der Waals surface area contributed by atoms with Gasteiger partial charge in [-0.15, -0.1) is 24.0 Å². The van der Waals surface area contributed by atoms with E-state index in [-0.39, 0.29) is 29.7 Å². The van der Waals surface area contributed by atoms with E-state index in [4.69, 9.17) is 10.2 Å². The van der Waals surface area contributed by atoms with Gasteiger partial charge in [0.2, 0.25) is 0 Å². The van der Waals surface area contributed by atoms with E-state index in [1.807, 2.05) is 6.92 Å². The molecule has 0 aliphatic carbocycles. The van der Waals surface area contributed by atoms with Crippen LogP contribution in [-0.4, -0.2) is 18.4 Å². The van der Waals surface area contributed by atoms with Gasteiger partial charge in [0.25, 0.3) is 5.91 Å². The van der Waals surface area contributed by atoms with E-state index in [0.717, 1.165) is 6.54 Å². The zero-order chi connectivity index (χ0) is 17.5. The second-order valence-corrected chi connectivity index (χ2v) is 5.61. The first-order chi connectivity index (χ1) is 11.5. The molecule has 0 fully saturated rings. The highest BCUT2D eigenvalue weighted by atomic mass is 127. The van der Waals surface area contributed by atoms with Crippen LogP contribution in [0.2, 0.25) is 0 Å². The van der Waals surface area contributed by atoms with Crippen molar-refractivity contribution in [3.05, 3.63) is 58.5 Å².